The predicted molar refractivity (Wildman–Crippen MR) is 83.1 cm³/mol. The largest absolute Gasteiger partial charge is 0.338 e. The number of aryl methyl sites for hydroxylation is 1. The van der Waals surface area contributed by atoms with Crippen molar-refractivity contribution in [3.8, 4) is 0 Å². The Bertz CT molecular complexity index is 610. The molecule has 0 saturated heterocycles. The fourth-order valence-electron chi connectivity index (χ4n) is 1.97. The minimum Gasteiger partial charge on any atom is -0.338 e. The third kappa shape index (κ3) is 2.95. The topological polar surface area (TPSA) is 51.0 Å². The van der Waals surface area contributed by atoms with Crippen molar-refractivity contribution >= 4 is 28.7 Å². The summed E-state index contributed by atoms with van der Waals surface area (Å²) in [6.07, 6.45) is 0. The summed E-state index contributed by atoms with van der Waals surface area (Å²) in [6, 6.07) is 5.73. The highest BCUT2D eigenvalue weighted by molar-refractivity contribution is 7.99. The van der Waals surface area contributed by atoms with Gasteiger partial charge in [-0.15, -0.1) is 5.10 Å². The molecule has 20 heavy (non-hydrogen) atoms. The second-order valence-electron chi connectivity index (χ2n) is 4.84. The molecule has 1 atom stereocenters. The van der Waals surface area contributed by atoms with Crippen LogP contribution in [-0.4, -0.2) is 50.4 Å². The molecule has 0 aliphatic heterocycles. The second kappa shape index (κ2) is 6.26. The lowest BCUT2D eigenvalue weighted by Gasteiger charge is -2.24. The quantitative estimate of drug-likeness (QED) is 0.847. The van der Waals surface area contributed by atoms with Crippen LogP contribution >= 0.6 is 11.8 Å². The number of amides is 1. The zero-order chi connectivity index (χ0) is 14.7. The average molecular weight is 292 g/mol. The summed E-state index contributed by atoms with van der Waals surface area (Å²) in [5.74, 6) is 2.06. The van der Waals surface area contributed by atoms with Gasteiger partial charge in [0, 0.05) is 31.5 Å². The molecule has 1 heterocycles. The van der Waals surface area contributed by atoms with Crippen molar-refractivity contribution in [1.82, 2.24) is 19.9 Å². The van der Waals surface area contributed by atoms with Crippen molar-refractivity contribution < 1.29 is 4.79 Å². The third-order valence-corrected chi connectivity index (χ3v) is 4.53. The Morgan fingerprint density at radius 3 is 2.95 bits per heavy atom. The molecular weight excluding hydrogens is 272 g/mol. The van der Waals surface area contributed by atoms with Gasteiger partial charge in [0.15, 0.2) is 0 Å². The van der Waals surface area contributed by atoms with E-state index in [1.54, 1.807) is 9.58 Å². The maximum Gasteiger partial charge on any atom is 0.253 e. The van der Waals surface area contributed by atoms with Crippen molar-refractivity contribution in [2.45, 2.75) is 19.9 Å². The number of rotatable bonds is 5. The van der Waals surface area contributed by atoms with Crippen LogP contribution in [-0.2, 0) is 7.05 Å². The molecule has 0 saturated carbocycles. The Balaban J connectivity index is 2.19. The zero-order valence-electron chi connectivity index (χ0n) is 12.3. The number of carbonyl (C=O) groups excluding carboxylic acids is 1. The van der Waals surface area contributed by atoms with Crippen molar-refractivity contribution in [2.24, 2.45) is 7.05 Å². The van der Waals surface area contributed by atoms with Gasteiger partial charge in [-0.1, -0.05) is 12.1 Å². The Morgan fingerprint density at radius 2 is 2.25 bits per heavy atom. The predicted octanol–water partition coefficient (Wildman–Crippen LogP) is 2.18. The molecule has 0 radical (unpaired) electrons. The average Bonchev–Trinajstić information content (AvgIpc) is 2.84. The standard InChI is InChI=1S/C14H20N4OS/c1-5-20-9-10(2)17(3)14(19)11-6-7-12-13(8-11)18(4)16-15-12/h6-8,10H,5,9H2,1-4H3/t10-/m0/s1. The van der Waals surface area contributed by atoms with E-state index in [1.807, 2.05) is 44.1 Å². The third-order valence-electron chi connectivity index (χ3n) is 3.40. The number of nitrogens with zero attached hydrogens (tertiary/aromatic N) is 4. The number of aromatic nitrogens is 3. The van der Waals surface area contributed by atoms with Crippen molar-refractivity contribution in [3.05, 3.63) is 23.8 Å². The first-order valence-corrected chi connectivity index (χ1v) is 7.84. The monoisotopic (exact) mass is 292 g/mol. The summed E-state index contributed by atoms with van der Waals surface area (Å²) in [7, 11) is 3.68. The summed E-state index contributed by atoms with van der Waals surface area (Å²) in [5, 5.41) is 7.98. The normalized spacial score (nSPS) is 12.6. The highest BCUT2D eigenvalue weighted by Crippen LogP contribution is 2.16. The van der Waals surface area contributed by atoms with Crippen LogP contribution in [0.5, 0.6) is 0 Å². The molecule has 0 unspecified atom stereocenters. The molecule has 1 aromatic carbocycles. The van der Waals surface area contributed by atoms with Crippen LogP contribution in [0.25, 0.3) is 11.0 Å². The fraction of sp³-hybridized carbons (Fsp3) is 0.500. The summed E-state index contributed by atoms with van der Waals surface area (Å²) in [5.41, 5.74) is 2.36. The van der Waals surface area contributed by atoms with Gasteiger partial charge < -0.3 is 4.90 Å². The van der Waals surface area contributed by atoms with Crippen LogP contribution in [0, 0.1) is 0 Å². The smallest absolute Gasteiger partial charge is 0.253 e. The van der Waals surface area contributed by atoms with Gasteiger partial charge in [-0.25, -0.2) is 4.68 Å². The van der Waals surface area contributed by atoms with Crippen LogP contribution in [0.1, 0.15) is 24.2 Å². The SMILES string of the molecule is CCSC[C@H](C)N(C)C(=O)c1ccc2nnn(C)c2c1. The van der Waals surface area contributed by atoms with E-state index in [1.165, 1.54) is 0 Å². The summed E-state index contributed by atoms with van der Waals surface area (Å²) >= 11 is 1.85. The first-order valence-electron chi connectivity index (χ1n) is 6.69. The van der Waals surface area contributed by atoms with Crippen molar-refractivity contribution in [1.29, 1.82) is 0 Å². The highest BCUT2D eigenvalue weighted by Gasteiger charge is 2.18. The van der Waals surface area contributed by atoms with E-state index in [-0.39, 0.29) is 11.9 Å². The molecule has 0 aliphatic carbocycles. The summed E-state index contributed by atoms with van der Waals surface area (Å²) < 4.78 is 1.68. The molecule has 0 aliphatic rings. The maximum absolute atomic E-state index is 12.5. The molecule has 0 bridgehead atoms. The van der Waals surface area contributed by atoms with Gasteiger partial charge in [0.05, 0.1) is 5.52 Å². The lowest BCUT2D eigenvalue weighted by Crippen LogP contribution is -2.36. The lowest BCUT2D eigenvalue weighted by atomic mass is 10.1. The second-order valence-corrected chi connectivity index (χ2v) is 6.16. The molecule has 1 aromatic heterocycles. The first kappa shape index (κ1) is 14.8. The van der Waals surface area contributed by atoms with E-state index in [0.717, 1.165) is 22.5 Å². The van der Waals surface area contributed by atoms with Crippen LogP contribution in [0.15, 0.2) is 18.2 Å². The van der Waals surface area contributed by atoms with Gasteiger partial charge in [0.1, 0.15) is 5.52 Å². The Hall–Kier alpha value is -1.56. The maximum atomic E-state index is 12.5. The van der Waals surface area contributed by atoms with E-state index >= 15 is 0 Å². The van der Waals surface area contributed by atoms with Crippen LogP contribution < -0.4 is 0 Å². The van der Waals surface area contributed by atoms with E-state index in [0.29, 0.717) is 5.56 Å². The summed E-state index contributed by atoms with van der Waals surface area (Å²) in [4.78, 5) is 14.3. The lowest BCUT2D eigenvalue weighted by molar-refractivity contribution is 0.0757. The molecule has 2 rings (SSSR count). The van der Waals surface area contributed by atoms with Gasteiger partial charge in [-0.3, -0.25) is 4.79 Å². The molecule has 0 fully saturated rings. The molecule has 5 nitrogen and oxygen atoms in total. The van der Waals surface area contributed by atoms with Crippen LogP contribution in [0.4, 0.5) is 0 Å². The number of thioether (sulfide) groups is 1. The highest BCUT2D eigenvalue weighted by atomic mass is 32.2. The molecule has 108 valence electrons. The molecule has 0 N–H and O–H groups in total. The van der Waals surface area contributed by atoms with E-state index in [9.17, 15) is 4.79 Å². The molecule has 1 amide bonds. The van der Waals surface area contributed by atoms with Crippen molar-refractivity contribution in [3.63, 3.8) is 0 Å². The zero-order valence-corrected chi connectivity index (χ0v) is 13.1. The molecular formula is C14H20N4OS. The number of hydrogen-bond donors (Lipinski definition) is 0. The van der Waals surface area contributed by atoms with Crippen molar-refractivity contribution in [2.75, 3.05) is 18.6 Å². The van der Waals surface area contributed by atoms with Crippen LogP contribution in [0.2, 0.25) is 0 Å². The summed E-state index contributed by atoms with van der Waals surface area (Å²) in [6.45, 7) is 4.20. The van der Waals surface area contributed by atoms with E-state index in [2.05, 4.69) is 24.2 Å². The molecule has 2 aromatic rings. The van der Waals surface area contributed by atoms with Gasteiger partial charge >= 0.3 is 0 Å². The molecule has 0 spiro atoms. The van der Waals surface area contributed by atoms with E-state index in [4.69, 9.17) is 0 Å². The van der Waals surface area contributed by atoms with Gasteiger partial charge in [0.25, 0.3) is 5.91 Å². The number of benzene rings is 1. The Kier molecular flexibility index (Phi) is 4.65. The number of fused-ring (bicyclic) bond motifs is 1. The fourth-order valence-corrected chi connectivity index (χ4v) is 2.77. The van der Waals surface area contributed by atoms with Gasteiger partial charge in [-0.2, -0.15) is 11.8 Å². The van der Waals surface area contributed by atoms with Crippen LogP contribution in [0.3, 0.4) is 0 Å². The number of hydrogen-bond acceptors (Lipinski definition) is 4. The first-order chi connectivity index (χ1) is 9.54. The number of carbonyl (C=O) groups is 1. The Morgan fingerprint density at radius 1 is 1.50 bits per heavy atom. The van der Waals surface area contributed by atoms with Gasteiger partial charge in [-0.05, 0) is 30.9 Å². The van der Waals surface area contributed by atoms with E-state index < -0.39 is 0 Å². The minimum atomic E-state index is 0.0392. The minimum absolute atomic E-state index is 0.0392. The van der Waals surface area contributed by atoms with Gasteiger partial charge in [0.2, 0.25) is 0 Å². The Labute approximate surface area is 123 Å². The molecule has 6 heteroatoms.